The average molecular weight is 521 g/mol. The lowest BCUT2D eigenvalue weighted by atomic mass is 9.87. The molecule has 1 aliphatic heterocycles. The van der Waals surface area contributed by atoms with Gasteiger partial charge in [-0.25, -0.2) is 9.50 Å². The van der Waals surface area contributed by atoms with Crippen molar-refractivity contribution in [1.29, 1.82) is 0 Å². The lowest BCUT2D eigenvalue weighted by Gasteiger charge is -2.19. The minimum absolute atomic E-state index is 0.0489. The van der Waals surface area contributed by atoms with Gasteiger partial charge in [-0.2, -0.15) is 5.10 Å². The molecule has 1 amide bonds. The van der Waals surface area contributed by atoms with Crippen LogP contribution in [0.5, 0.6) is 0 Å². The highest BCUT2D eigenvalue weighted by atomic mass is 32.2. The van der Waals surface area contributed by atoms with Crippen molar-refractivity contribution in [2.45, 2.75) is 30.8 Å². The summed E-state index contributed by atoms with van der Waals surface area (Å²) >= 11 is 1.44. The second-order valence-electron chi connectivity index (χ2n) is 9.86. The van der Waals surface area contributed by atoms with Crippen molar-refractivity contribution in [2.24, 2.45) is 17.8 Å². The monoisotopic (exact) mass is 520 g/mol. The van der Waals surface area contributed by atoms with E-state index in [1.807, 2.05) is 55.6 Å². The van der Waals surface area contributed by atoms with E-state index in [2.05, 4.69) is 44.7 Å². The van der Waals surface area contributed by atoms with Crippen LogP contribution in [0.3, 0.4) is 0 Å². The van der Waals surface area contributed by atoms with Crippen molar-refractivity contribution in [3.05, 3.63) is 54.4 Å². The molecule has 1 aliphatic rings. The Morgan fingerprint density at radius 3 is 2.73 bits per heavy atom. The van der Waals surface area contributed by atoms with Gasteiger partial charge in [0.2, 0.25) is 11.1 Å². The predicted molar refractivity (Wildman–Crippen MR) is 144 cm³/mol. The molecule has 1 saturated heterocycles. The van der Waals surface area contributed by atoms with Gasteiger partial charge in [0, 0.05) is 48.2 Å². The molecule has 1 fully saturated rings. The van der Waals surface area contributed by atoms with Crippen LogP contribution in [0.25, 0.3) is 5.52 Å². The number of H-pyrrole nitrogens is 1. The Morgan fingerprint density at radius 2 is 2.05 bits per heavy atom. The molecule has 0 unspecified atom stereocenters. The van der Waals surface area contributed by atoms with E-state index in [-0.39, 0.29) is 18.4 Å². The molecule has 10 nitrogen and oxygen atoms in total. The molecule has 1 aromatic carbocycles. The van der Waals surface area contributed by atoms with Crippen molar-refractivity contribution in [2.75, 3.05) is 36.9 Å². The van der Waals surface area contributed by atoms with E-state index in [1.54, 1.807) is 4.52 Å². The van der Waals surface area contributed by atoms with E-state index in [0.29, 0.717) is 35.2 Å². The third kappa shape index (κ3) is 5.95. The summed E-state index contributed by atoms with van der Waals surface area (Å²) < 4.78 is 1.79. The van der Waals surface area contributed by atoms with Gasteiger partial charge in [0.25, 0.3) is 0 Å². The molecule has 194 valence electrons. The van der Waals surface area contributed by atoms with Gasteiger partial charge in [0.15, 0.2) is 11.6 Å². The Hall–Kier alpha value is -3.41. The highest BCUT2D eigenvalue weighted by Crippen LogP contribution is 2.30. The SMILES string of the molecule is Cc1cc(Nc2nc(Sc3ccc(NC(=O)CN4C[C@H](CO)[C@@H](C(C)C)C4)cc3)nn3cccc23)n[nH]1. The normalized spacial score (nSPS) is 18.1. The first-order valence-electron chi connectivity index (χ1n) is 12.4. The maximum Gasteiger partial charge on any atom is 0.238 e. The van der Waals surface area contributed by atoms with Gasteiger partial charge < -0.3 is 15.7 Å². The number of fused-ring (bicyclic) bond motifs is 1. The second kappa shape index (κ2) is 10.9. The summed E-state index contributed by atoms with van der Waals surface area (Å²) in [5, 5.41) is 28.3. The number of hydrogen-bond donors (Lipinski definition) is 4. The van der Waals surface area contributed by atoms with Gasteiger partial charge in [-0.1, -0.05) is 13.8 Å². The Kier molecular flexibility index (Phi) is 7.45. The summed E-state index contributed by atoms with van der Waals surface area (Å²) in [7, 11) is 0. The molecule has 2 atom stereocenters. The lowest BCUT2D eigenvalue weighted by Crippen LogP contribution is -2.32. The van der Waals surface area contributed by atoms with E-state index in [1.165, 1.54) is 11.8 Å². The molecule has 4 N–H and O–H groups in total. The zero-order chi connectivity index (χ0) is 25.9. The molecular weight excluding hydrogens is 488 g/mol. The number of carbonyl (C=O) groups is 1. The quantitative estimate of drug-likeness (QED) is 0.263. The summed E-state index contributed by atoms with van der Waals surface area (Å²) in [6.45, 7) is 8.39. The number of nitrogens with one attached hydrogen (secondary N) is 3. The number of aryl methyl sites for hydroxylation is 1. The minimum atomic E-state index is -0.0489. The molecular formula is C26H32N8O2S. The first-order chi connectivity index (χ1) is 17.9. The highest BCUT2D eigenvalue weighted by molar-refractivity contribution is 7.99. The van der Waals surface area contributed by atoms with E-state index >= 15 is 0 Å². The molecule has 0 spiro atoms. The molecule has 0 aliphatic carbocycles. The van der Waals surface area contributed by atoms with Crippen LogP contribution in [-0.2, 0) is 4.79 Å². The number of benzene rings is 1. The number of carbonyl (C=O) groups excluding carboxylic acids is 1. The van der Waals surface area contributed by atoms with Gasteiger partial charge in [0.05, 0.1) is 6.54 Å². The number of aliphatic hydroxyl groups is 1. The van der Waals surface area contributed by atoms with Crippen LogP contribution >= 0.6 is 11.8 Å². The Labute approximate surface area is 219 Å². The van der Waals surface area contributed by atoms with E-state index in [0.717, 1.165) is 34.9 Å². The third-order valence-corrected chi connectivity index (χ3v) is 7.56. The fourth-order valence-electron chi connectivity index (χ4n) is 4.83. The molecule has 0 saturated carbocycles. The van der Waals surface area contributed by atoms with E-state index in [4.69, 9.17) is 4.98 Å². The van der Waals surface area contributed by atoms with Crippen LogP contribution in [0, 0.1) is 24.7 Å². The summed E-state index contributed by atoms with van der Waals surface area (Å²) in [5.41, 5.74) is 2.55. The van der Waals surface area contributed by atoms with Crippen LogP contribution < -0.4 is 10.6 Å². The topological polar surface area (TPSA) is 123 Å². The van der Waals surface area contributed by atoms with E-state index in [9.17, 15) is 9.90 Å². The molecule has 0 radical (unpaired) electrons. The van der Waals surface area contributed by atoms with Gasteiger partial charge in [-0.15, -0.1) is 5.10 Å². The summed E-state index contributed by atoms with van der Waals surface area (Å²) in [4.78, 5) is 20.4. The highest BCUT2D eigenvalue weighted by Gasteiger charge is 2.34. The molecule has 11 heteroatoms. The van der Waals surface area contributed by atoms with Crippen molar-refractivity contribution in [1.82, 2.24) is 29.7 Å². The van der Waals surface area contributed by atoms with Gasteiger partial charge >= 0.3 is 0 Å². The summed E-state index contributed by atoms with van der Waals surface area (Å²) in [6.07, 6.45) is 1.88. The number of amides is 1. The first kappa shape index (κ1) is 25.2. The Bertz CT molecular complexity index is 1370. The largest absolute Gasteiger partial charge is 0.396 e. The third-order valence-electron chi connectivity index (χ3n) is 6.70. The second-order valence-corrected chi connectivity index (χ2v) is 10.9. The van der Waals surface area contributed by atoms with Crippen molar-refractivity contribution < 1.29 is 9.90 Å². The number of nitrogens with zero attached hydrogens (tertiary/aromatic N) is 5. The van der Waals surface area contributed by atoms with Crippen LogP contribution in [0.15, 0.2) is 58.7 Å². The van der Waals surface area contributed by atoms with Crippen LogP contribution in [-0.4, -0.2) is 67.0 Å². The van der Waals surface area contributed by atoms with Crippen molar-refractivity contribution in [3.8, 4) is 0 Å². The fourth-order valence-corrected chi connectivity index (χ4v) is 5.58. The van der Waals surface area contributed by atoms with Crippen LogP contribution in [0.4, 0.5) is 17.3 Å². The molecule has 4 heterocycles. The van der Waals surface area contributed by atoms with E-state index < -0.39 is 0 Å². The molecule has 5 rings (SSSR count). The standard InChI is InChI=1S/C26H32N8O2S/c1-16(2)21-13-33(12-18(21)15-35)14-24(36)27-19-6-8-20(9-7-19)37-26-29-25(22-5-4-10-34(22)32-26)28-23-11-17(3)30-31-23/h4-11,16,18,21,35H,12-15H2,1-3H3,(H,27,36)(H2,28,29,30,31,32)/t18-,21-/m1/s1. The molecule has 0 bridgehead atoms. The number of rotatable bonds is 9. The predicted octanol–water partition coefficient (Wildman–Crippen LogP) is 3.79. The zero-order valence-electron chi connectivity index (χ0n) is 21.2. The Balaban J connectivity index is 1.21. The molecule has 3 aromatic heterocycles. The van der Waals surface area contributed by atoms with Gasteiger partial charge in [0.1, 0.15) is 5.52 Å². The van der Waals surface area contributed by atoms with Crippen molar-refractivity contribution >= 4 is 40.5 Å². The number of hydrogen-bond acceptors (Lipinski definition) is 8. The summed E-state index contributed by atoms with van der Waals surface area (Å²) in [5.74, 6) is 2.45. The number of aromatic nitrogens is 5. The fraction of sp³-hybridized carbons (Fsp3) is 0.385. The minimum Gasteiger partial charge on any atom is -0.396 e. The number of aliphatic hydroxyl groups excluding tert-OH is 1. The maximum atomic E-state index is 12.6. The first-order valence-corrected chi connectivity index (χ1v) is 13.2. The van der Waals surface area contributed by atoms with Crippen LogP contribution in [0.2, 0.25) is 0 Å². The molecule has 4 aromatic rings. The summed E-state index contributed by atoms with van der Waals surface area (Å²) in [6, 6.07) is 13.4. The van der Waals surface area contributed by atoms with Gasteiger partial charge in [-0.05, 0) is 72.8 Å². The van der Waals surface area contributed by atoms with Gasteiger partial charge in [-0.3, -0.25) is 14.8 Å². The lowest BCUT2D eigenvalue weighted by molar-refractivity contribution is -0.117. The zero-order valence-corrected chi connectivity index (χ0v) is 22.0. The Morgan fingerprint density at radius 1 is 1.24 bits per heavy atom. The number of anilines is 3. The average Bonchev–Trinajstić information content (AvgIpc) is 3.60. The molecule has 37 heavy (non-hydrogen) atoms. The smallest absolute Gasteiger partial charge is 0.238 e. The van der Waals surface area contributed by atoms with Crippen molar-refractivity contribution in [3.63, 3.8) is 0 Å². The van der Waals surface area contributed by atoms with Crippen LogP contribution in [0.1, 0.15) is 19.5 Å². The number of likely N-dealkylation sites (tertiary alicyclic amines) is 1. The number of aromatic amines is 1. The maximum absolute atomic E-state index is 12.6.